The zero-order chi connectivity index (χ0) is 10.6. The molecule has 78 valence electrons. The van der Waals surface area contributed by atoms with Gasteiger partial charge in [-0.25, -0.2) is 9.67 Å². The number of carboxylic acid groups (broad SMARTS) is 1. The highest BCUT2D eigenvalue weighted by Gasteiger charge is 2.08. The van der Waals surface area contributed by atoms with Gasteiger partial charge in [-0.15, -0.1) is 0 Å². The van der Waals surface area contributed by atoms with Gasteiger partial charge in [0.25, 0.3) is 0 Å². The van der Waals surface area contributed by atoms with E-state index in [9.17, 15) is 4.79 Å². The normalized spacial score (nSPS) is 10.4. The van der Waals surface area contributed by atoms with Crippen molar-refractivity contribution in [3.05, 3.63) is 5.82 Å². The molecule has 0 fully saturated rings. The molecule has 0 spiro atoms. The van der Waals surface area contributed by atoms with Crippen LogP contribution in [0.3, 0.4) is 0 Å². The predicted octanol–water partition coefficient (Wildman–Crippen LogP) is 0.944. The molecule has 6 heteroatoms. The topological polar surface area (TPSA) is 68.0 Å². The van der Waals surface area contributed by atoms with E-state index in [0.717, 1.165) is 18.7 Å². The average molecular weight is 215 g/mol. The van der Waals surface area contributed by atoms with Gasteiger partial charge < -0.3 is 5.11 Å². The molecule has 0 atom stereocenters. The van der Waals surface area contributed by atoms with Gasteiger partial charge in [0, 0.05) is 13.5 Å². The summed E-state index contributed by atoms with van der Waals surface area (Å²) in [5.74, 6) is -0.0316. The van der Waals surface area contributed by atoms with E-state index >= 15 is 0 Å². The number of hydrogen-bond acceptors (Lipinski definition) is 4. The predicted molar refractivity (Wildman–Crippen MR) is 53.4 cm³/mol. The van der Waals surface area contributed by atoms with E-state index < -0.39 is 5.97 Å². The molecule has 1 aromatic heterocycles. The first-order valence-corrected chi connectivity index (χ1v) is 5.36. The highest BCUT2D eigenvalue weighted by atomic mass is 32.2. The molecule has 0 amide bonds. The Kier molecular flexibility index (Phi) is 3.94. The standard InChI is InChI=1S/C8H13N3O2S/c1-3-4-6-9-8(11(2)10-6)14-5-7(12)13/h3-5H2,1-2H3,(H,12,13). The summed E-state index contributed by atoms with van der Waals surface area (Å²) >= 11 is 1.19. The summed E-state index contributed by atoms with van der Waals surface area (Å²) in [6.07, 6.45) is 1.83. The quantitative estimate of drug-likeness (QED) is 0.740. The second-order valence-electron chi connectivity index (χ2n) is 2.87. The van der Waals surface area contributed by atoms with Gasteiger partial charge in [-0.2, -0.15) is 5.10 Å². The first-order chi connectivity index (χ1) is 6.63. The van der Waals surface area contributed by atoms with E-state index in [0.29, 0.717) is 5.16 Å². The van der Waals surface area contributed by atoms with Crippen LogP contribution in [0.2, 0.25) is 0 Å². The van der Waals surface area contributed by atoms with E-state index in [-0.39, 0.29) is 5.75 Å². The van der Waals surface area contributed by atoms with Gasteiger partial charge in [0.05, 0.1) is 5.75 Å². The summed E-state index contributed by atoms with van der Waals surface area (Å²) in [7, 11) is 1.77. The summed E-state index contributed by atoms with van der Waals surface area (Å²) in [5.41, 5.74) is 0. The Morgan fingerprint density at radius 3 is 2.93 bits per heavy atom. The van der Waals surface area contributed by atoms with E-state index in [4.69, 9.17) is 5.11 Å². The number of hydrogen-bond donors (Lipinski definition) is 1. The Morgan fingerprint density at radius 1 is 1.64 bits per heavy atom. The van der Waals surface area contributed by atoms with Crippen molar-refractivity contribution < 1.29 is 9.90 Å². The summed E-state index contributed by atoms with van der Waals surface area (Å²) in [5, 5.41) is 13.3. The molecule has 0 aliphatic rings. The van der Waals surface area contributed by atoms with Crippen LogP contribution in [0.5, 0.6) is 0 Å². The van der Waals surface area contributed by atoms with Crippen molar-refractivity contribution in [2.45, 2.75) is 24.9 Å². The van der Waals surface area contributed by atoms with Crippen molar-refractivity contribution in [2.24, 2.45) is 7.05 Å². The van der Waals surface area contributed by atoms with Gasteiger partial charge >= 0.3 is 5.97 Å². The monoisotopic (exact) mass is 215 g/mol. The third-order valence-electron chi connectivity index (χ3n) is 1.57. The van der Waals surface area contributed by atoms with Gasteiger partial charge in [0.1, 0.15) is 0 Å². The minimum atomic E-state index is -0.838. The molecule has 14 heavy (non-hydrogen) atoms. The van der Waals surface area contributed by atoms with E-state index in [1.807, 2.05) is 0 Å². The molecule has 1 aromatic rings. The van der Waals surface area contributed by atoms with Crippen LogP contribution in [0.25, 0.3) is 0 Å². The lowest BCUT2D eigenvalue weighted by Gasteiger charge is -1.94. The number of carbonyl (C=O) groups is 1. The van der Waals surface area contributed by atoms with E-state index in [1.165, 1.54) is 11.8 Å². The third-order valence-corrected chi connectivity index (χ3v) is 2.57. The molecule has 0 bridgehead atoms. The third kappa shape index (κ3) is 3.02. The van der Waals surface area contributed by atoms with Crippen LogP contribution in [0, 0.1) is 0 Å². The molecular weight excluding hydrogens is 202 g/mol. The summed E-state index contributed by atoms with van der Waals surface area (Å²) in [6.45, 7) is 2.06. The Morgan fingerprint density at radius 2 is 2.36 bits per heavy atom. The number of aromatic nitrogens is 3. The SMILES string of the molecule is CCCc1nc(SCC(=O)O)n(C)n1. The summed E-state index contributed by atoms with van der Waals surface area (Å²) in [6, 6.07) is 0. The zero-order valence-electron chi connectivity index (χ0n) is 8.23. The maximum absolute atomic E-state index is 10.3. The van der Waals surface area contributed by atoms with Crippen molar-refractivity contribution in [1.29, 1.82) is 0 Å². The van der Waals surface area contributed by atoms with Gasteiger partial charge in [-0.1, -0.05) is 18.7 Å². The van der Waals surface area contributed by atoms with Gasteiger partial charge in [-0.3, -0.25) is 4.79 Å². The van der Waals surface area contributed by atoms with Gasteiger partial charge in [0.15, 0.2) is 11.0 Å². The van der Waals surface area contributed by atoms with E-state index in [1.54, 1.807) is 11.7 Å². The van der Waals surface area contributed by atoms with Crippen molar-refractivity contribution in [2.75, 3.05) is 5.75 Å². The van der Waals surface area contributed by atoms with Crippen LogP contribution in [-0.2, 0) is 18.3 Å². The Labute approximate surface area is 86.5 Å². The van der Waals surface area contributed by atoms with Gasteiger partial charge in [0.2, 0.25) is 0 Å². The van der Waals surface area contributed by atoms with Crippen LogP contribution in [0.15, 0.2) is 5.16 Å². The molecule has 0 unspecified atom stereocenters. The molecule has 0 saturated carbocycles. The van der Waals surface area contributed by atoms with E-state index in [2.05, 4.69) is 17.0 Å². The smallest absolute Gasteiger partial charge is 0.313 e. The number of thioether (sulfide) groups is 1. The first kappa shape index (κ1) is 11.0. The van der Waals surface area contributed by atoms with Crippen LogP contribution in [-0.4, -0.2) is 31.6 Å². The second-order valence-corrected chi connectivity index (χ2v) is 3.81. The molecular formula is C8H13N3O2S. The summed E-state index contributed by atoms with van der Waals surface area (Å²) < 4.78 is 1.62. The lowest BCUT2D eigenvalue weighted by atomic mass is 10.3. The highest BCUT2D eigenvalue weighted by molar-refractivity contribution is 7.99. The van der Waals surface area contributed by atoms with Crippen LogP contribution >= 0.6 is 11.8 Å². The van der Waals surface area contributed by atoms with Crippen LogP contribution < -0.4 is 0 Å². The molecule has 0 radical (unpaired) electrons. The molecule has 0 saturated heterocycles. The fraction of sp³-hybridized carbons (Fsp3) is 0.625. The minimum absolute atomic E-state index is 0.0259. The Hall–Kier alpha value is -1.04. The zero-order valence-corrected chi connectivity index (χ0v) is 9.04. The molecule has 5 nitrogen and oxygen atoms in total. The maximum Gasteiger partial charge on any atom is 0.313 e. The molecule has 0 aliphatic carbocycles. The number of carboxylic acids is 1. The van der Waals surface area contributed by atoms with Gasteiger partial charge in [-0.05, 0) is 6.42 Å². The first-order valence-electron chi connectivity index (χ1n) is 4.38. The lowest BCUT2D eigenvalue weighted by molar-refractivity contribution is -0.133. The Balaban J connectivity index is 2.62. The number of aryl methyl sites for hydroxylation is 2. The second kappa shape index (κ2) is 4.99. The van der Waals surface area contributed by atoms with Crippen molar-refractivity contribution >= 4 is 17.7 Å². The van der Waals surface area contributed by atoms with Crippen LogP contribution in [0.4, 0.5) is 0 Å². The molecule has 1 rings (SSSR count). The average Bonchev–Trinajstić information content (AvgIpc) is 2.44. The van der Waals surface area contributed by atoms with Crippen LogP contribution in [0.1, 0.15) is 19.2 Å². The minimum Gasteiger partial charge on any atom is -0.481 e. The number of nitrogens with zero attached hydrogens (tertiary/aromatic N) is 3. The van der Waals surface area contributed by atoms with Crippen molar-refractivity contribution in [3.63, 3.8) is 0 Å². The summed E-state index contributed by atoms with van der Waals surface area (Å²) in [4.78, 5) is 14.6. The maximum atomic E-state index is 10.3. The number of rotatable bonds is 5. The molecule has 1 N–H and O–H groups in total. The van der Waals surface area contributed by atoms with Crippen molar-refractivity contribution in [3.8, 4) is 0 Å². The number of aliphatic carboxylic acids is 1. The lowest BCUT2D eigenvalue weighted by Crippen LogP contribution is -2.00. The fourth-order valence-electron chi connectivity index (χ4n) is 1.00. The van der Waals surface area contributed by atoms with Crippen molar-refractivity contribution in [1.82, 2.24) is 14.8 Å². The highest BCUT2D eigenvalue weighted by Crippen LogP contribution is 2.14. The molecule has 1 heterocycles. The molecule has 0 aliphatic heterocycles. The molecule has 0 aromatic carbocycles. The Bertz CT molecular complexity index is 324. The fourth-order valence-corrected chi connectivity index (χ4v) is 1.65. The largest absolute Gasteiger partial charge is 0.481 e.